The normalized spacial score (nSPS) is 17.6. The highest BCUT2D eigenvalue weighted by atomic mass is 19.4. The maximum absolute atomic E-state index is 12.8. The van der Waals surface area contributed by atoms with Crippen LogP contribution in [0.25, 0.3) is 11.1 Å². The zero-order valence-electron chi connectivity index (χ0n) is 24.9. The fourth-order valence-corrected chi connectivity index (χ4v) is 6.12. The Morgan fingerprint density at radius 2 is 1.87 bits per heavy atom. The summed E-state index contributed by atoms with van der Waals surface area (Å²) in [6, 6.07) is 13.7. The molecular formula is C32H30F5N5O4. The highest BCUT2D eigenvalue weighted by molar-refractivity contribution is 5.87. The molecule has 2 aromatic heterocycles. The largest absolute Gasteiger partial charge is 0.482 e. The number of aromatic nitrogens is 3. The molecule has 3 aliphatic rings. The quantitative estimate of drug-likeness (QED) is 0.153. The number of alkyl halides is 5. The van der Waals surface area contributed by atoms with Gasteiger partial charge < -0.3 is 25.0 Å². The molecule has 1 unspecified atom stereocenters. The van der Waals surface area contributed by atoms with Crippen molar-refractivity contribution < 1.29 is 41.1 Å². The Balaban J connectivity index is 0.000000165. The molecule has 3 heterocycles. The predicted octanol–water partition coefficient (Wildman–Crippen LogP) is 6.42. The van der Waals surface area contributed by atoms with Gasteiger partial charge in [0.05, 0.1) is 30.4 Å². The standard InChI is InChI=1S/C21H21N3O.C11H9F5N2O3/c1-12-23-20(24-25-12)21(2,14-7-8-14)18-10-9-16-15-6-4-3-5-13(15)11-17(16)19(18)22;12-10(13)3-18(4-10)7-2-17-6(9(19)20)1-8(7)21-5-11(14,15)16/h3-6,9-10,14H,7-8,11,22H2,1-2H3;1-2H,3-5H2,(H,19,20). The van der Waals surface area contributed by atoms with E-state index in [2.05, 4.69) is 63.2 Å². The Kier molecular flexibility index (Phi) is 7.64. The number of ether oxygens (including phenoxy) is 1. The summed E-state index contributed by atoms with van der Waals surface area (Å²) in [4.78, 5) is 19.9. The number of carbonyl (C=O) groups is 1. The number of carboxylic acids is 1. The van der Waals surface area contributed by atoms with Crippen LogP contribution in [0.5, 0.6) is 5.75 Å². The highest BCUT2D eigenvalue weighted by Gasteiger charge is 2.49. The number of anilines is 2. The maximum Gasteiger partial charge on any atom is 0.422 e. The van der Waals surface area contributed by atoms with Crippen LogP contribution in [0.2, 0.25) is 0 Å². The van der Waals surface area contributed by atoms with Gasteiger partial charge in [0.2, 0.25) is 5.89 Å². The van der Waals surface area contributed by atoms with Gasteiger partial charge in [0.1, 0.15) is 5.75 Å². The lowest BCUT2D eigenvalue weighted by atomic mass is 9.75. The zero-order chi connectivity index (χ0) is 33.0. The van der Waals surface area contributed by atoms with Gasteiger partial charge >= 0.3 is 12.1 Å². The fourth-order valence-electron chi connectivity index (χ4n) is 6.12. The molecule has 9 nitrogen and oxygen atoms in total. The van der Waals surface area contributed by atoms with E-state index in [9.17, 15) is 26.7 Å². The van der Waals surface area contributed by atoms with Crippen LogP contribution in [-0.4, -0.2) is 58.0 Å². The monoisotopic (exact) mass is 643 g/mol. The van der Waals surface area contributed by atoms with Gasteiger partial charge in [-0.3, -0.25) is 0 Å². The molecule has 14 heteroatoms. The van der Waals surface area contributed by atoms with Gasteiger partial charge in [-0.15, -0.1) is 0 Å². The van der Waals surface area contributed by atoms with E-state index in [1.165, 1.54) is 35.1 Å². The molecule has 0 spiro atoms. The number of hydrogen-bond donors (Lipinski definition) is 2. The van der Waals surface area contributed by atoms with Crippen LogP contribution in [0.1, 0.15) is 58.7 Å². The topological polar surface area (TPSA) is 128 Å². The molecule has 1 atom stereocenters. The fraction of sp³-hybridized carbons (Fsp3) is 0.375. The summed E-state index contributed by atoms with van der Waals surface area (Å²) < 4.78 is 71.9. The van der Waals surface area contributed by atoms with E-state index in [0.29, 0.717) is 11.8 Å². The first-order valence-electron chi connectivity index (χ1n) is 14.5. The van der Waals surface area contributed by atoms with Crippen molar-refractivity contribution in [2.45, 2.75) is 50.6 Å². The Hall–Kier alpha value is -4.75. The first-order chi connectivity index (χ1) is 21.7. The number of rotatable bonds is 7. The van der Waals surface area contributed by atoms with E-state index in [1.54, 1.807) is 0 Å². The van der Waals surface area contributed by atoms with E-state index < -0.39 is 49.2 Å². The number of aromatic carboxylic acids is 1. The van der Waals surface area contributed by atoms with Gasteiger partial charge in [0, 0.05) is 25.1 Å². The Morgan fingerprint density at radius 1 is 1.15 bits per heavy atom. The predicted molar refractivity (Wildman–Crippen MR) is 157 cm³/mol. The Labute approximate surface area is 260 Å². The number of hydrogen-bond acceptors (Lipinski definition) is 8. The Bertz CT molecular complexity index is 1800. The average Bonchev–Trinajstić information content (AvgIpc) is 3.65. The number of pyridine rings is 1. The van der Waals surface area contributed by atoms with Gasteiger partial charge in [-0.05, 0) is 53.5 Å². The van der Waals surface area contributed by atoms with Crippen molar-refractivity contribution in [2.24, 2.45) is 5.92 Å². The van der Waals surface area contributed by atoms with Crippen molar-refractivity contribution in [3.63, 3.8) is 0 Å². The van der Waals surface area contributed by atoms with Gasteiger partial charge in [-0.1, -0.05) is 41.6 Å². The highest BCUT2D eigenvalue weighted by Crippen LogP contribution is 2.53. The second-order valence-corrected chi connectivity index (χ2v) is 12.0. The number of benzene rings is 2. The van der Waals surface area contributed by atoms with Crippen LogP contribution in [0.4, 0.5) is 33.3 Å². The van der Waals surface area contributed by atoms with Crippen LogP contribution < -0.4 is 15.4 Å². The summed E-state index contributed by atoms with van der Waals surface area (Å²) in [5.74, 6) is -2.97. The minimum absolute atomic E-state index is 0.102. The number of fused-ring (bicyclic) bond motifs is 3. The van der Waals surface area contributed by atoms with Gasteiger partial charge in [0.15, 0.2) is 18.1 Å². The van der Waals surface area contributed by atoms with Crippen LogP contribution in [-0.2, 0) is 11.8 Å². The second kappa shape index (κ2) is 11.2. The minimum Gasteiger partial charge on any atom is -0.482 e. The van der Waals surface area contributed by atoms with Crippen molar-refractivity contribution >= 4 is 17.3 Å². The SMILES string of the molecule is Cc1nc(C(C)(c2ccc3c(c2N)Cc2ccccc2-3)C2CC2)no1.O=C(O)c1cc(OCC(F)(F)F)c(N2CC(F)(F)C2)cn1. The maximum atomic E-state index is 12.8. The number of nitrogen functional groups attached to an aromatic ring is 1. The third-order valence-corrected chi connectivity index (χ3v) is 8.62. The lowest BCUT2D eigenvalue weighted by Gasteiger charge is -2.40. The third kappa shape index (κ3) is 5.95. The van der Waals surface area contributed by atoms with Crippen molar-refractivity contribution in [1.82, 2.24) is 15.1 Å². The molecular weight excluding hydrogens is 613 g/mol. The third-order valence-electron chi connectivity index (χ3n) is 8.62. The van der Waals surface area contributed by atoms with Crippen molar-refractivity contribution in [3.8, 4) is 16.9 Å². The lowest BCUT2D eigenvalue weighted by Crippen LogP contribution is -2.56. The number of carboxylic acid groups (broad SMARTS) is 1. The van der Waals surface area contributed by atoms with Crippen molar-refractivity contribution in [1.29, 1.82) is 0 Å². The molecule has 7 rings (SSSR count). The van der Waals surface area contributed by atoms with Gasteiger partial charge in [-0.25, -0.2) is 18.6 Å². The summed E-state index contributed by atoms with van der Waals surface area (Å²) in [5.41, 5.74) is 13.0. The second-order valence-electron chi connectivity index (χ2n) is 12.0. The average molecular weight is 644 g/mol. The Morgan fingerprint density at radius 3 is 2.48 bits per heavy atom. The van der Waals surface area contributed by atoms with Crippen LogP contribution in [0.3, 0.4) is 0 Å². The first-order valence-corrected chi connectivity index (χ1v) is 14.5. The van der Waals surface area contributed by atoms with E-state index in [4.69, 9.17) is 15.4 Å². The summed E-state index contributed by atoms with van der Waals surface area (Å²) in [7, 11) is 0. The van der Waals surface area contributed by atoms with Crippen molar-refractivity contribution in [2.75, 3.05) is 30.3 Å². The minimum atomic E-state index is -4.64. The summed E-state index contributed by atoms with van der Waals surface area (Å²) in [6.07, 6.45) is -0.466. The van der Waals surface area contributed by atoms with Crippen LogP contribution in [0.15, 0.2) is 53.2 Å². The summed E-state index contributed by atoms with van der Waals surface area (Å²) in [5, 5.41) is 13.0. The summed E-state index contributed by atoms with van der Waals surface area (Å²) in [6.45, 7) is 1.02. The molecule has 2 aromatic carbocycles. The molecule has 1 saturated heterocycles. The molecule has 242 valence electrons. The molecule has 46 heavy (non-hydrogen) atoms. The molecule has 0 bridgehead atoms. The molecule has 1 aliphatic heterocycles. The molecule has 3 N–H and O–H groups in total. The molecule has 1 saturated carbocycles. The molecule has 4 aromatic rings. The van der Waals surface area contributed by atoms with E-state index >= 15 is 0 Å². The van der Waals surface area contributed by atoms with E-state index in [-0.39, 0.29) is 11.1 Å². The van der Waals surface area contributed by atoms with Gasteiger partial charge in [-0.2, -0.15) is 18.2 Å². The first kappa shape index (κ1) is 31.2. The van der Waals surface area contributed by atoms with E-state index in [1.807, 2.05) is 6.92 Å². The van der Waals surface area contributed by atoms with Crippen molar-refractivity contribution in [3.05, 3.63) is 82.8 Å². The van der Waals surface area contributed by atoms with Crippen LogP contribution >= 0.6 is 0 Å². The van der Waals surface area contributed by atoms with Crippen LogP contribution in [0, 0.1) is 12.8 Å². The number of halogens is 5. The molecule has 2 fully saturated rings. The summed E-state index contributed by atoms with van der Waals surface area (Å²) >= 11 is 0. The zero-order valence-corrected chi connectivity index (χ0v) is 24.9. The number of nitrogens with two attached hydrogens (primary N) is 1. The number of nitrogens with zero attached hydrogens (tertiary/aromatic N) is 4. The molecule has 0 radical (unpaired) electrons. The number of aryl methyl sites for hydroxylation is 1. The molecule has 0 amide bonds. The molecule has 2 aliphatic carbocycles. The lowest BCUT2D eigenvalue weighted by molar-refractivity contribution is -0.153. The smallest absolute Gasteiger partial charge is 0.422 e. The van der Waals surface area contributed by atoms with E-state index in [0.717, 1.165) is 40.7 Å². The van der Waals surface area contributed by atoms with Gasteiger partial charge in [0.25, 0.3) is 5.92 Å².